The largest absolute Gasteiger partial charge is 0.453 e. The van der Waals surface area contributed by atoms with Crippen molar-refractivity contribution < 1.29 is 22.7 Å². The summed E-state index contributed by atoms with van der Waals surface area (Å²) in [5, 5.41) is 0.732. The van der Waals surface area contributed by atoms with Gasteiger partial charge in [0.1, 0.15) is 6.54 Å². The monoisotopic (exact) mass is 386 g/mol. The average molecular weight is 386 g/mol. The molecule has 1 heterocycles. The highest BCUT2D eigenvalue weighted by molar-refractivity contribution is 7.89. The second-order valence-electron chi connectivity index (χ2n) is 5.88. The average Bonchev–Trinajstić information content (AvgIpc) is 3.10. The number of aromatic nitrogens is 1. The number of fused-ring (bicyclic) bond motifs is 1. The molecule has 1 atom stereocenters. The van der Waals surface area contributed by atoms with Crippen molar-refractivity contribution >= 4 is 32.7 Å². The van der Waals surface area contributed by atoms with Gasteiger partial charge in [0.05, 0.1) is 4.90 Å². The molecular weight excluding hydrogens is 368 g/mol. The zero-order valence-corrected chi connectivity index (χ0v) is 15.3. The first-order chi connectivity index (χ1) is 12.9. The van der Waals surface area contributed by atoms with Crippen molar-refractivity contribution in [3.05, 3.63) is 66.4 Å². The van der Waals surface area contributed by atoms with Crippen LogP contribution in [0.25, 0.3) is 10.9 Å². The van der Waals surface area contributed by atoms with Crippen LogP contribution in [0.4, 0.5) is 0 Å². The summed E-state index contributed by atoms with van der Waals surface area (Å²) in [7, 11) is -3.82. The van der Waals surface area contributed by atoms with Gasteiger partial charge in [-0.1, -0.05) is 36.4 Å². The van der Waals surface area contributed by atoms with Gasteiger partial charge >= 0.3 is 5.97 Å². The molecule has 0 bridgehead atoms. The molecule has 0 aliphatic heterocycles. The van der Waals surface area contributed by atoms with E-state index in [1.54, 1.807) is 30.5 Å². The molecule has 1 aromatic heterocycles. The Morgan fingerprint density at radius 1 is 1.07 bits per heavy atom. The Bertz CT molecular complexity index is 1070. The van der Waals surface area contributed by atoms with E-state index in [1.165, 1.54) is 19.1 Å². The zero-order chi connectivity index (χ0) is 19.4. The molecule has 2 aromatic carbocycles. The van der Waals surface area contributed by atoms with Crippen molar-refractivity contribution in [2.45, 2.75) is 17.9 Å². The van der Waals surface area contributed by atoms with Crippen molar-refractivity contribution in [1.29, 1.82) is 0 Å². The van der Waals surface area contributed by atoms with Gasteiger partial charge in [-0.05, 0) is 25.1 Å². The molecule has 27 heavy (non-hydrogen) atoms. The summed E-state index contributed by atoms with van der Waals surface area (Å²) in [6.45, 7) is 0.885. The molecule has 0 aliphatic rings. The molecule has 0 fully saturated rings. The first kappa shape index (κ1) is 18.8. The number of hydrogen-bond acceptors (Lipinski definition) is 5. The Balaban J connectivity index is 1.61. The molecule has 140 valence electrons. The van der Waals surface area contributed by atoms with Crippen molar-refractivity contribution in [2.24, 2.45) is 0 Å². The van der Waals surface area contributed by atoms with Crippen LogP contribution in [-0.4, -0.2) is 37.8 Å². The van der Waals surface area contributed by atoms with Crippen molar-refractivity contribution in [3.8, 4) is 0 Å². The van der Waals surface area contributed by atoms with Gasteiger partial charge in [-0.3, -0.25) is 9.59 Å². The summed E-state index contributed by atoms with van der Waals surface area (Å²) in [6, 6.07) is 14.9. The van der Waals surface area contributed by atoms with E-state index in [-0.39, 0.29) is 10.7 Å². The quantitative estimate of drug-likeness (QED) is 0.479. The van der Waals surface area contributed by atoms with E-state index in [0.717, 1.165) is 10.9 Å². The maximum atomic E-state index is 12.5. The number of para-hydroxylation sites is 1. The fourth-order valence-corrected chi connectivity index (χ4v) is 3.61. The van der Waals surface area contributed by atoms with Crippen LogP contribution in [-0.2, 0) is 19.6 Å². The van der Waals surface area contributed by atoms with Gasteiger partial charge in [-0.25, -0.2) is 8.42 Å². The molecule has 0 amide bonds. The number of aromatic amines is 1. The number of benzene rings is 2. The number of nitrogens with one attached hydrogen (secondary N) is 2. The van der Waals surface area contributed by atoms with E-state index >= 15 is 0 Å². The van der Waals surface area contributed by atoms with Gasteiger partial charge < -0.3 is 9.72 Å². The summed E-state index contributed by atoms with van der Waals surface area (Å²) >= 11 is 0. The fraction of sp³-hybridized carbons (Fsp3) is 0.158. The minimum absolute atomic E-state index is 0.0423. The lowest BCUT2D eigenvalue weighted by Gasteiger charge is -2.12. The Kier molecular flexibility index (Phi) is 5.38. The second-order valence-corrected chi connectivity index (χ2v) is 7.65. The summed E-state index contributed by atoms with van der Waals surface area (Å²) in [6.07, 6.45) is 0.521. The molecule has 3 rings (SSSR count). The van der Waals surface area contributed by atoms with Crippen molar-refractivity contribution in [3.63, 3.8) is 0 Å². The molecule has 0 saturated carbocycles. The number of hydrogen-bond donors (Lipinski definition) is 2. The van der Waals surface area contributed by atoms with Gasteiger partial charge in [0.15, 0.2) is 6.10 Å². The van der Waals surface area contributed by atoms with Crippen LogP contribution in [0, 0.1) is 0 Å². The summed E-state index contributed by atoms with van der Waals surface area (Å²) in [5.74, 6) is -1.21. The maximum absolute atomic E-state index is 12.5. The molecule has 3 aromatic rings. The Morgan fingerprint density at radius 3 is 2.48 bits per heavy atom. The normalized spacial score (nSPS) is 12.6. The SMILES string of the molecule is C[C@H](OC(=O)CNS(=O)(=O)c1ccccc1)C(=O)c1c[nH]c2ccccc12. The molecular formula is C19H18N2O5S. The summed E-state index contributed by atoms with van der Waals surface area (Å²) in [4.78, 5) is 27.5. The fourth-order valence-electron chi connectivity index (χ4n) is 2.62. The molecule has 7 nitrogen and oxygen atoms in total. The predicted octanol–water partition coefficient (Wildman–Crippen LogP) is 2.26. The number of ether oxygens (including phenoxy) is 1. The molecule has 0 unspecified atom stereocenters. The lowest BCUT2D eigenvalue weighted by Crippen LogP contribution is -2.34. The highest BCUT2D eigenvalue weighted by Crippen LogP contribution is 2.20. The van der Waals surface area contributed by atoms with Gasteiger partial charge in [-0.2, -0.15) is 4.72 Å². The number of rotatable bonds is 7. The number of sulfonamides is 1. The van der Waals surface area contributed by atoms with Gasteiger partial charge in [0.2, 0.25) is 15.8 Å². The Morgan fingerprint density at radius 2 is 1.74 bits per heavy atom. The van der Waals surface area contributed by atoms with Crippen LogP contribution >= 0.6 is 0 Å². The molecule has 8 heteroatoms. The first-order valence-electron chi connectivity index (χ1n) is 8.23. The number of esters is 1. The number of carbonyl (C=O) groups is 2. The highest BCUT2D eigenvalue weighted by Gasteiger charge is 2.23. The second kappa shape index (κ2) is 7.73. The van der Waals surface area contributed by atoms with E-state index in [1.807, 2.05) is 18.2 Å². The molecule has 0 aliphatic carbocycles. The molecule has 2 N–H and O–H groups in total. The number of carbonyl (C=O) groups excluding carboxylic acids is 2. The smallest absolute Gasteiger partial charge is 0.321 e. The Labute approximate surface area is 156 Å². The van der Waals surface area contributed by atoms with Gasteiger partial charge in [0.25, 0.3) is 0 Å². The summed E-state index contributed by atoms with van der Waals surface area (Å²) in [5.41, 5.74) is 1.21. The third-order valence-corrected chi connectivity index (χ3v) is 5.41. The van der Waals surface area contributed by atoms with Crippen LogP contribution in [0.15, 0.2) is 65.7 Å². The molecule has 0 radical (unpaired) electrons. The van der Waals surface area contributed by atoms with Crippen LogP contribution in [0.2, 0.25) is 0 Å². The summed E-state index contributed by atoms with van der Waals surface area (Å²) < 4.78 is 31.4. The first-order valence-corrected chi connectivity index (χ1v) is 9.71. The van der Waals surface area contributed by atoms with Crippen LogP contribution < -0.4 is 4.72 Å². The van der Waals surface area contributed by atoms with Gasteiger partial charge in [0, 0.05) is 22.7 Å². The van der Waals surface area contributed by atoms with E-state index in [9.17, 15) is 18.0 Å². The van der Waals surface area contributed by atoms with Crippen LogP contribution in [0.1, 0.15) is 17.3 Å². The lowest BCUT2D eigenvalue weighted by molar-refractivity contribution is -0.144. The van der Waals surface area contributed by atoms with E-state index in [4.69, 9.17) is 4.74 Å². The number of Topliss-reactive ketones (excluding diaryl/α,β-unsaturated/α-hetero) is 1. The highest BCUT2D eigenvalue weighted by atomic mass is 32.2. The minimum atomic E-state index is -3.82. The minimum Gasteiger partial charge on any atom is -0.453 e. The van der Waals surface area contributed by atoms with E-state index in [2.05, 4.69) is 9.71 Å². The topological polar surface area (TPSA) is 105 Å². The number of H-pyrrole nitrogens is 1. The standard InChI is InChI=1S/C19H18N2O5S/c1-13(19(23)16-11-20-17-10-6-5-9-15(16)17)26-18(22)12-21-27(24,25)14-7-3-2-4-8-14/h2-11,13,20-21H,12H2,1H3/t13-/m0/s1. The zero-order valence-electron chi connectivity index (χ0n) is 14.5. The molecule has 0 spiro atoms. The van der Waals surface area contributed by atoms with Crippen LogP contribution in [0.5, 0.6) is 0 Å². The van der Waals surface area contributed by atoms with Crippen LogP contribution in [0.3, 0.4) is 0 Å². The van der Waals surface area contributed by atoms with Gasteiger partial charge in [-0.15, -0.1) is 0 Å². The lowest BCUT2D eigenvalue weighted by atomic mass is 10.1. The van der Waals surface area contributed by atoms with E-state index < -0.39 is 28.6 Å². The number of ketones is 1. The van der Waals surface area contributed by atoms with Crippen molar-refractivity contribution in [2.75, 3.05) is 6.54 Å². The van der Waals surface area contributed by atoms with E-state index in [0.29, 0.717) is 5.56 Å². The Hall–Kier alpha value is -2.97. The third kappa shape index (κ3) is 4.24. The maximum Gasteiger partial charge on any atom is 0.321 e. The third-order valence-electron chi connectivity index (χ3n) is 3.99. The van der Waals surface area contributed by atoms with Crippen molar-refractivity contribution in [1.82, 2.24) is 9.71 Å². The predicted molar refractivity (Wildman–Crippen MR) is 99.8 cm³/mol. The molecule has 0 saturated heterocycles.